The molecule has 8 aromatic rings. The molecule has 0 bridgehead atoms. The second kappa shape index (κ2) is 26.3. The molecule has 2 N–H and O–H groups in total. The topological polar surface area (TPSA) is 200 Å². The van der Waals surface area contributed by atoms with E-state index < -0.39 is 11.9 Å². The molecule has 0 saturated heterocycles. The first kappa shape index (κ1) is 53.4. The first-order valence-electron chi connectivity index (χ1n) is 21.5. The molecule has 0 unspecified atom stereocenters. The van der Waals surface area contributed by atoms with E-state index >= 15 is 0 Å². The third kappa shape index (κ3) is 13.8. The van der Waals surface area contributed by atoms with Gasteiger partial charge in [0.25, 0.3) is 0 Å². The summed E-state index contributed by atoms with van der Waals surface area (Å²) in [6.45, 7) is 6.69. The number of benzene rings is 4. The number of pyridine rings is 2. The first-order valence-corrected chi connectivity index (χ1v) is 23.0. The summed E-state index contributed by atoms with van der Waals surface area (Å²) in [5, 5.41) is 28.8. The average molecular weight is 965 g/mol. The van der Waals surface area contributed by atoms with Crippen LogP contribution in [0.5, 0.6) is 0 Å². The van der Waals surface area contributed by atoms with E-state index in [0.717, 1.165) is 106 Å². The number of anilines is 2. The first-order chi connectivity index (χ1) is 32.1. The van der Waals surface area contributed by atoms with Crippen molar-refractivity contribution in [3.05, 3.63) is 176 Å². The quantitative estimate of drug-likeness (QED) is 0.118. The molecule has 8 rings (SSSR count). The molecule has 0 fully saturated rings. The summed E-state index contributed by atoms with van der Waals surface area (Å²) in [4.78, 5) is 62.4. The fourth-order valence-electron chi connectivity index (χ4n) is 7.18. The van der Waals surface area contributed by atoms with Gasteiger partial charge in [0.15, 0.2) is 11.6 Å². The van der Waals surface area contributed by atoms with Crippen LogP contribution >= 0.6 is 23.1 Å². The van der Waals surface area contributed by atoms with Gasteiger partial charge in [0, 0.05) is 108 Å². The number of carboxylic acid groups (broad SMARTS) is 2. The van der Waals surface area contributed by atoms with Crippen LogP contribution in [-0.2, 0) is 26.2 Å². The van der Waals surface area contributed by atoms with Crippen LogP contribution in [0.1, 0.15) is 71.4 Å². The van der Waals surface area contributed by atoms with Crippen LogP contribution in [0.2, 0.25) is 0 Å². The van der Waals surface area contributed by atoms with Crippen molar-refractivity contribution in [1.29, 1.82) is 0 Å². The van der Waals surface area contributed by atoms with Crippen LogP contribution in [0.3, 0.4) is 0 Å². The molecule has 14 nitrogen and oxygen atoms in total. The molecule has 4 heterocycles. The van der Waals surface area contributed by atoms with Crippen molar-refractivity contribution in [3.63, 3.8) is 0 Å². The van der Waals surface area contributed by atoms with Crippen molar-refractivity contribution in [2.75, 3.05) is 10.6 Å². The van der Waals surface area contributed by atoms with Crippen molar-refractivity contribution in [1.82, 2.24) is 27.8 Å². The van der Waals surface area contributed by atoms with Crippen molar-refractivity contribution in [2.24, 2.45) is 0 Å². The summed E-state index contributed by atoms with van der Waals surface area (Å²) in [5.41, 5.74) is 8.84. The normalized spacial score (nSPS) is 10.5. The Labute approximate surface area is 446 Å². The van der Waals surface area contributed by atoms with Crippen LogP contribution in [0.15, 0.2) is 144 Å². The Kier molecular flexibility index (Phi) is 20.6. The minimum Gasteiger partial charge on any atom is -0.545 e. The summed E-state index contributed by atoms with van der Waals surface area (Å²) in [7, 11) is 0. The summed E-state index contributed by atoms with van der Waals surface area (Å²) in [5.74, 6) is -1.13. The van der Waals surface area contributed by atoms with Gasteiger partial charge in [-0.2, -0.15) is 9.97 Å². The van der Waals surface area contributed by atoms with Crippen LogP contribution < -0.4 is 89.7 Å². The van der Waals surface area contributed by atoms with Crippen molar-refractivity contribution < 1.29 is 78.9 Å². The van der Waals surface area contributed by atoms with E-state index in [9.17, 15) is 29.4 Å². The van der Waals surface area contributed by atoms with Crippen LogP contribution in [0.4, 0.5) is 11.4 Å². The maximum absolute atomic E-state index is 12.0. The Bertz CT molecular complexity index is 2840. The molecule has 0 spiro atoms. The summed E-state index contributed by atoms with van der Waals surface area (Å²) >= 11 is 2.31. The Morgan fingerprint density at radius 2 is 0.912 bits per heavy atom. The minimum atomic E-state index is -1.27. The van der Waals surface area contributed by atoms with Gasteiger partial charge in [0.1, 0.15) is 0 Å². The van der Waals surface area contributed by atoms with Crippen molar-refractivity contribution in [2.45, 2.75) is 65.7 Å². The van der Waals surface area contributed by atoms with Crippen LogP contribution in [-0.4, -0.2) is 39.8 Å². The van der Waals surface area contributed by atoms with Gasteiger partial charge in [-0.05, 0) is 58.4 Å². The smallest absolute Gasteiger partial charge is 0.545 e. The van der Waals surface area contributed by atoms with Gasteiger partial charge in [-0.3, -0.25) is 27.5 Å². The van der Waals surface area contributed by atoms with Gasteiger partial charge >= 0.3 is 68.9 Å². The van der Waals surface area contributed by atoms with Crippen molar-refractivity contribution in [3.8, 4) is 45.0 Å². The third-order valence-corrected chi connectivity index (χ3v) is 12.2. The van der Waals surface area contributed by atoms with E-state index in [0.29, 0.717) is 36.1 Å². The van der Waals surface area contributed by atoms with E-state index in [1.54, 1.807) is 12.1 Å². The predicted octanol–water partition coefficient (Wildman–Crippen LogP) is 1.63. The number of hydrogen-bond donors (Lipinski definition) is 2. The number of hydrogen-bond acceptors (Lipinski definition) is 14. The van der Waals surface area contributed by atoms with E-state index in [4.69, 9.17) is 0 Å². The van der Waals surface area contributed by atoms with Gasteiger partial charge in [-0.1, -0.05) is 124 Å². The number of carboxylic acids is 2. The monoisotopic (exact) mass is 964 g/mol. The number of aryl methyl sites for hydroxylation is 2. The molecule has 68 heavy (non-hydrogen) atoms. The maximum atomic E-state index is 12.0. The number of carbonyl (C=O) groups excluding carboxylic acids is 2. The van der Waals surface area contributed by atoms with Gasteiger partial charge in [0.2, 0.25) is 0 Å². The number of aromatic nitrogens is 6. The number of nitrogens with one attached hydrogen (secondary N) is 2. The van der Waals surface area contributed by atoms with Crippen molar-refractivity contribution >= 4 is 46.4 Å². The van der Waals surface area contributed by atoms with Gasteiger partial charge < -0.3 is 30.4 Å². The zero-order valence-corrected chi connectivity index (χ0v) is 43.9. The number of nitrogens with zero attached hydrogens (tertiary/aromatic N) is 6. The number of carbonyl (C=O) groups is 2. The molecule has 0 aliphatic heterocycles. The molecule has 0 saturated carbocycles. The molecule has 0 atom stereocenters. The fraction of sp³-hybridized carbons (Fsp3) is 0.200. The molecule has 0 amide bonds. The third-order valence-electron chi connectivity index (χ3n) is 10.6. The predicted molar refractivity (Wildman–Crippen MR) is 256 cm³/mol. The molecule has 0 aliphatic carbocycles. The second-order valence-electron chi connectivity index (χ2n) is 15.1. The Hall–Kier alpha value is -5.56. The SMILES string of the molecule is CCCCn1sc(=O)nc1-c1ccccc1-c1ccc(CNc2ccncc2C(=O)[O-])cc1.CCCCn1sc(=O)nc1-c1ccccc1-c1ccc(CNc2ccncc2C(=O)[O-])cc1.[Na+].[Na+]. The summed E-state index contributed by atoms with van der Waals surface area (Å²) in [6, 6.07) is 35.1. The van der Waals surface area contributed by atoms with E-state index in [2.05, 4.69) is 44.4 Å². The minimum absolute atomic E-state index is 0. The van der Waals surface area contributed by atoms with Gasteiger partial charge in [0.05, 0.1) is 11.9 Å². The molecule has 336 valence electrons. The largest absolute Gasteiger partial charge is 1.00 e. The fourth-order valence-corrected chi connectivity index (χ4v) is 8.70. The zero-order chi connectivity index (χ0) is 46.4. The molecule has 0 aliphatic rings. The standard InChI is InChI=1S/2C25H24N4O3S.2Na/c2*1-2-3-14-29-23(28-25(32)33-29)20-7-5-4-6-19(20)18-10-8-17(9-11-18)15-27-22-12-13-26-16-21(22)24(30)31;;/h2*4-13,16H,2-3,14-15H2,1H3,(H,26,27)(H,30,31);;/q;;2*+1/p-2. The number of unbranched alkanes of at least 4 members (excludes halogenated alkanes) is 2. The number of aromatic carboxylic acids is 2. The van der Waals surface area contributed by atoms with E-state index in [1.165, 1.54) is 24.8 Å². The van der Waals surface area contributed by atoms with Crippen LogP contribution in [0, 0.1) is 0 Å². The summed E-state index contributed by atoms with van der Waals surface area (Å²) in [6.07, 6.45) is 9.67. The molecule has 18 heteroatoms. The summed E-state index contributed by atoms with van der Waals surface area (Å²) < 4.78 is 3.96. The van der Waals surface area contributed by atoms with Crippen LogP contribution in [0.25, 0.3) is 45.0 Å². The Morgan fingerprint density at radius 3 is 1.26 bits per heavy atom. The zero-order valence-electron chi connectivity index (χ0n) is 38.3. The molecular weight excluding hydrogens is 919 g/mol. The number of rotatable bonds is 18. The van der Waals surface area contributed by atoms with E-state index in [1.807, 2.05) is 105 Å². The Morgan fingerprint density at radius 1 is 0.544 bits per heavy atom. The Balaban J connectivity index is 0.000000247. The maximum Gasteiger partial charge on any atom is 1.00 e. The van der Waals surface area contributed by atoms with E-state index in [-0.39, 0.29) is 80.0 Å². The molecule has 4 aromatic heterocycles. The van der Waals surface area contributed by atoms with Gasteiger partial charge in [-0.15, -0.1) is 0 Å². The second-order valence-corrected chi connectivity index (χ2v) is 17.1. The average Bonchev–Trinajstić information content (AvgIpc) is 3.92. The molecular formula is C50H46N8Na2O6S2. The molecule has 4 aromatic carbocycles. The molecule has 0 radical (unpaired) electrons. The van der Waals surface area contributed by atoms with Gasteiger partial charge in [-0.25, -0.2) is 0 Å².